The second-order valence-electron chi connectivity index (χ2n) is 19.7. The molecule has 0 amide bonds. The van der Waals surface area contributed by atoms with Crippen LogP contribution in [0.5, 0.6) is 0 Å². The van der Waals surface area contributed by atoms with Gasteiger partial charge in [-0.2, -0.15) is 0 Å². The van der Waals surface area contributed by atoms with Crippen molar-refractivity contribution in [3.05, 3.63) is 276 Å². The van der Waals surface area contributed by atoms with E-state index in [1.807, 2.05) is 0 Å². The predicted octanol–water partition coefficient (Wildman–Crippen LogP) is 16.7. The first-order valence-electron chi connectivity index (χ1n) is 24.5. The van der Waals surface area contributed by atoms with E-state index in [9.17, 15) is 0 Å². The van der Waals surface area contributed by atoms with Crippen molar-refractivity contribution in [3.63, 3.8) is 0 Å². The van der Waals surface area contributed by atoms with E-state index in [-0.39, 0.29) is 5.41 Å². The third kappa shape index (κ3) is 6.22. The maximum absolute atomic E-state index is 2.52. The van der Waals surface area contributed by atoms with Gasteiger partial charge in [-0.15, -0.1) is 0 Å². The Hall–Kier alpha value is -7.42. The van der Waals surface area contributed by atoms with Gasteiger partial charge in [-0.05, 0) is 161 Å². The highest BCUT2D eigenvalue weighted by Crippen LogP contribution is 2.66. The first-order chi connectivity index (χ1) is 33.2. The van der Waals surface area contributed by atoms with Gasteiger partial charge in [-0.1, -0.05) is 176 Å². The van der Waals surface area contributed by atoms with Crippen molar-refractivity contribution in [1.82, 2.24) is 0 Å². The van der Waals surface area contributed by atoms with Gasteiger partial charge in [0.25, 0.3) is 0 Å². The molecule has 9 aromatic carbocycles. The van der Waals surface area contributed by atoms with E-state index in [2.05, 4.69) is 252 Å². The summed E-state index contributed by atoms with van der Waals surface area (Å²) in [4.78, 5) is 4.91. The third-order valence-electron chi connectivity index (χ3n) is 16.4. The summed E-state index contributed by atoms with van der Waals surface area (Å²) in [6.45, 7) is 0. The molecule has 0 saturated heterocycles. The lowest BCUT2D eigenvalue weighted by Crippen LogP contribution is -2.56. The molecule has 4 saturated carbocycles. The Morgan fingerprint density at radius 2 is 0.687 bits per heavy atom. The number of hydrogen-bond acceptors (Lipinski definition) is 2. The van der Waals surface area contributed by atoms with Crippen molar-refractivity contribution in [2.45, 2.75) is 42.9 Å². The molecule has 2 heteroatoms. The van der Waals surface area contributed by atoms with Crippen LogP contribution in [0.2, 0.25) is 0 Å². The van der Waals surface area contributed by atoms with Crippen LogP contribution >= 0.6 is 0 Å². The van der Waals surface area contributed by atoms with Crippen molar-refractivity contribution >= 4 is 34.1 Å². The fourth-order valence-corrected chi connectivity index (χ4v) is 14.1. The fraction of sp³-hybridized carbons (Fsp3) is 0.169. The van der Waals surface area contributed by atoms with E-state index in [1.54, 1.807) is 0 Å². The smallest absolute Gasteiger partial charge is 0.0714 e. The summed E-state index contributed by atoms with van der Waals surface area (Å²) in [5.74, 6) is 2.97. The molecule has 5 aliphatic carbocycles. The largest absolute Gasteiger partial charge is 0.311 e. The minimum Gasteiger partial charge on any atom is -0.311 e. The van der Waals surface area contributed by atoms with Gasteiger partial charge in [0.1, 0.15) is 0 Å². The SMILES string of the molecule is c1ccc(N(c2ccccc2)c2ccc(C3(c4ccc(N(c5ccccc5)c5cccc6c5-c5ccccc5C6(c5ccccc5)c5ccccc5)cc4)C4CC5CC(C4)CC3C5)cc2)cc1. The van der Waals surface area contributed by atoms with Crippen LogP contribution in [0.4, 0.5) is 34.1 Å². The van der Waals surface area contributed by atoms with Gasteiger partial charge in [0, 0.05) is 39.4 Å². The number of para-hydroxylation sites is 3. The van der Waals surface area contributed by atoms with E-state index in [4.69, 9.17) is 0 Å². The monoisotopic (exact) mass is 862 g/mol. The van der Waals surface area contributed by atoms with Crippen LogP contribution in [0.1, 0.15) is 65.5 Å². The van der Waals surface area contributed by atoms with E-state index in [1.165, 1.54) is 105 Å². The lowest BCUT2D eigenvalue weighted by molar-refractivity contribution is -0.0418. The molecule has 0 spiro atoms. The second kappa shape index (κ2) is 16.2. The molecule has 4 fully saturated rings. The molecule has 0 N–H and O–H groups in total. The molecule has 2 nitrogen and oxygen atoms in total. The van der Waals surface area contributed by atoms with Crippen molar-refractivity contribution in [2.24, 2.45) is 23.7 Å². The molecule has 67 heavy (non-hydrogen) atoms. The quantitative estimate of drug-likeness (QED) is 0.135. The molecule has 9 aromatic rings. The lowest BCUT2D eigenvalue weighted by atomic mass is 9.42. The van der Waals surface area contributed by atoms with Crippen LogP contribution in [0.15, 0.2) is 243 Å². The predicted molar refractivity (Wildman–Crippen MR) is 277 cm³/mol. The van der Waals surface area contributed by atoms with E-state index < -0.39 is 5.41 Å². The number of nitrogens with zero attached hydrogens (tertiary/aromatic N) is 2. The third-order valence-corrected chi connectivity index (χ3v) is 16.4. The van der Waals surface area contributed by atoms with E-state index >= 15 is 0 Å². The highest BCUT2D eigenvalue weighted by atomic mass is 15.1. The molecule has 0 unspecified atom stereocenters. The Morgan fingerprint density at radius 3 is 1.18 bits per heavy atom. The summed E-state index contributed by atoms with van der Waals surface area (Å²) in [6, 6.07) is 90.8. The standard InChI is InChI=1S/C65H54N2/c1-6-19-48(20-7-1)65(49-21-8-2-9-22-49)60-30-17-16-29-59(60)63-61(65)31-18-32-62(63)67(56-27-14-5-15-28-56)58-39-35-51(36-40-58)64(52-42-46-41-47(44-52)45-53(64)43-46)50-33-37-57(38-34-50)66(54-23-10-3-11-24-54)55-25-12-4-13-26-55/h1-40,46-47,52-53H,41-45H2. The molecule has 0 atom stereocenters. The molecule has 0 aromatic heterocycles. The van der Waals surface area contributed by atoms with Gasteiger partial charge >= 0.3 is 0 Å². The van der Waals surface area contributed by atoms with Crippen LogP contribution in [-0.4, -0.2) is 0 Å². The zero-order chi connectivity index (χ0) is 44.4. The van der Waals surface area contributed by atoms with Crippen molar-refractivity contribution in [2.75, 3.05) is 9.80 Å². The van der Waals surface area contributed by atoms with Gasteiger partial charge in [0.15, 0.2) is 0 Å². The minimum atomic E-state index is -0.475. The van der Waals surface area contributed by atoms with E-state index in [0.717, 1.165) is 17.5 Å². The van der Waals surface area contributed by atoms with Gasteiger partial charge in [0.2, 0.25) is 0 Å². The summed E-state index contributed by atoms with van der Waals surface area (Å²) in [7, 11) is 0. The molecular weight excluding hydrogens is 809 g/mol. The summed E-state index contributed by atoms with van der Waals surface area (Å²) >= 11 is 0. The van der Waals surface area contributed by atoms with Gasteiger partial charge in [-0.25, -0.2) is 0 Å². The maximum atomic E-state index is 2.52. The Labute approximate surface area is 395 Å². The first kappa shape index (κ1) is 39.9. The summed E-state index contributed by atoms with van der Waals surface area (Å²) < 4.78 is 0. The molecule has 4 bridgehead atoms. The molecule has 0 radical (unpaired) electrons. The first-order valence-corrected chi connectivity index (χ1v) is 24.5. The van der Waals surface area contributed by atoms with Crippen LogP contribution in [0.3, 0.4) is 0 Å². The van der Waals surface area contributed by atoms with Crippen molar-refractivity contribution in [3.8, 4) is 11.1 Å². The van der Waals surface area contributed by atoms with Crippen LogP contribution in [0.25, 0.3) is 11.1 Å². The van der Waals surface area contributed by atoms with Crippen LogP contribution < -0.4 is 9.80 Å². The molecule has 324 valence electrons. The number of hydrogen-bond donors (Lipinski definition) is 0. The number of fused-ring (bicyclic) bond motifs is 3. The Balaban J connectivity index is 0.959. The Bertz CT molecular complexity index is 3060. The molecule has 14 rings (SSSR count). The van der Waals surface area contributed by atoms with Gasteiger partial charge < -0.3 is 9.80 Å². The summed E-state index contributed by atoms with van der Waals surface area (Å²) in [5.41, 5.74) is 17.3. The fourth-order valence-electron chi connectivity index (χ4n) is 14.1. The van der Waals surface area contributed by atoms with Crippen LogP contribution in [0, 0.1) is 23.7 Å². The topological polar surface area (TPSA) is 6.48 Å². The molecule has 0 aliphatic heterocycles. The highest BCUT2D eigenvalue weighted by Gasteiger charge is 2.58. The second-order valence-corrected chi connectivity index (χ2v) is 19.7. The van der Waals surface area contributed by atoms with Crippen molar-refractivity contribution in [1.29, 1.82) is 0 Å². The maximum Gasteiger partial charge on any atom is 0.0714 e. The normalized spacial score (nSPS) is 21.6. The number of benzene rings is 9. The zero-order valence-electron chi connectivity index (χ0n) is 37.8. The molecular formula is C65H54N2. The molecule has 0 heterocycles. The zero-order valence-corrected chi connectivity index (χ0v) is 37.8. The molecule has 5 aliphatic rings. The summed E-state index contributed by atoms with van der Waals surface area (Å²) in [5, 5.41) is 0. The number of rotatable bonds is 10. The van der Waals surface area contributed by atoms with Crippen molar-refractivity contribution < 1.29 is 0 Å². The van der Waals surface area contributed by atoms with Gasteiger partial charge in [0.05, 0.1) is 11.1 Å². The van der Waals surface area contributed by atoms with E-state index in [0.29, 0.717) is 11.8 Å². The highest BCUT2D eigenvalue weighted by molar-refractivity contribution is 5.97. The number of anilines is 6. The average molecular weight is 863 g/mol. The van der Waals surface area contributed by atoms with Gasteiger partial charge in [-0.3, -0.25) is 0 Å². The lowest BCUT2D eigenvalue weighted by Gasteiger charge is -2.62. The Morgan fingerprint density at radius 1 is 0.299 bits per heavy atom. The van der Waals surface area contributed by atoms with Crippen LogP contribution in [-0.2, 0) is 10.8 Å². The Kier molecular flexibility index (Phi) is 9.63. The minimum absolute atomic E-state index is 0.0374. The average Bonchev–Trinajstić information content (AvgIpc) is 3.70. The summed E-state index contributed by atoms with van der Waals surface area (Å²) in [6.07, 6.45) is 6.73.